The second-order valence-electron chi connectivity index (χ2n) is 6.02. The third kappa shape index (κ3) is 2.67. The first-order valence-corrected chi connectivity index (χ1v) is 7.61. The Kier molecular flexibility index (Phi) is 3.94. The zero-order valence-electron chi connectivity index (χ0n) is 12.1. The second kappa shape index (κ2) is 5.70. The number of piperidine rings is 1. The predicted molar refractivity (Wildman–Crippen MR) is 78.5 cm³/mol. The van der Waals surface area contributed by atoms with Crippen molar-refractivity contribution in [2.24, 2.45) is 0 Å². The summed E-state index contributed by atoms with van der Waals surface area (Å²) in [6, 6.07) is 5.69. The van der Waals surface area contributed by atoms with Crippen LogP contribution in [0.4, 0.5) is 10.1 Å². The molecule has 2 atom stereocenters. The van der Waals surface area contributed by atoms with E-state index in [9.17, 15) is 9.50 Å². The number of aliphatic hydroxyl groups excluding tert-OH is 1. The van der Waals surface area contributed by atoms with Crippen molar-refractivity contribution in [3.63, 3.8) is 0 Å². The first-order valence-electron chi connectivity index (χ1n) is 7.61. The molecule has 0 amide bonds. The van der Waals surface area contributed by atoms with E-state index in [0.29, 0.717) is 17.3 Å². The van der Waals surface area contributed by atoms with Gasteiger partial charge < -0.3 is 10.0 Å². The van der Waals surface area contributed by atoms with Crippen LogP contribution in [0.15, 0.2) is 18.2 Å². The molecule has 2 saturated heterocycles. The summed E-state index contributed by atoms with van der Waals surface area (Å²) in [5, 5.41) is 9.52. The molecule has 0 spiro atoms. The number of nitrogens with zero attached hydrogens (tertiary/aromatic N) is 2. The van der Waals surface area contributed by atoms with Crippen molar-refractivity contribution in [1.29, 1.82) is 0 Å². The highest BCUT2D eigenvalue weighted by Gasteiger charge is 2.29. The standard InChI is InChI=1S/C16H23FN2O/c1-12(20)13-5-6-16(15(17)10-13)19-9-8-18-7-3-2-4-14(18)11-19/h5-6,10,12,14,20H,2-4,7-9,11H2,1H3/t12-,14?/m0/s1. The number of halogens is 1. The van der Waals surface area contributed by atoms with Crippen LogP contribution in [0.5, 0.6) is 0 Å². The Labute approximate surface area is 120 Å². The molecule has 0 bridgehead atoms. The average molecular weight is 278 g/mol. The highest BCUT2D eigenvalue weighted by atomic mass is 19.1. The molecule has 2 aliphatic heterocycles. The van der Waals surface area contributed by atoms with Gasteiger partial charge in [-0.05, 0) is 44.0 Å². The molecule has 3 nitrogen and oxygen atoms in total. The van der Waals surface area contributed by atoms with E-state index in [0.717, 1.165) is 19.6 Å². The second-order valence-corrected chi connectivity index (χ2v) is 6.02. The fourth-order valence-corrected chi connectivity index (χ4v) is 3.41. The third-order valence-electron chi connectivity index (χ3n) is 4.63. The van der Waals surface area contributed by atoms with E-state index in [1.54, 1.807) is 6.92 Å². The maximum atomic E-state index is 14.3. The van der Waals surface area contributed by atoms with Crippen molar-refractivity contribution in [3.05, 3.63) is 29.6 Å². The molecule has 2 heterocycles. The normalized spacial score (nSPS) is 25.4. The Morgan fingerprint density at radius 3 is 2.85 bits per heavy atom. The molecule has 1 unspecified atom stereocenters. The molecule has 0 saturated carbocycles. The number of aliphatic hydroxyl groups is 1. The van der Waals surface area contributed by atoms with Crippen molar-refractivity contribution >= 4 is 5.69 Å². The van der Waals surface area contributed by atoms with Gasteiger partial charge in [0.25, 0.3) is 0 Å². The molecular weight excluding hydrogens is 255 g/mol. The van der Waals surface area contributed by atoms with E-state index < -0.39 is 6.10 Å². The topological polar surface area (TPSA) is 26.7 Å². The fraction of sp³-hybridized carbons (Fsp3) is 0.625. The van der Waals surface area contributed by atoms with E-state index >= 15 is 0 Å². The summed E-state index contributed by atoms with van der Waals surface area (Å²) in [5.41, 5.74) is 1.32. The van der Waals surface area contributed by atoms with Crippen LogP contribution in [0, 0.1) is 5.82 Å². The largest absolute Gasteiger partial charge is 0.389 e. The van der Waals surface area contributed by atoms with Gasteiger partial charge in [-0.2, -0.15) is 0 Å². The Bertz CT molecular complexity index is 478. The third-order valence-corrected chi connectivity index (χ3v) is 4.63. The molecule has 1 aromatic carbocycles. The summed E-state index contributed by atoms with van der Waals surface area (Å²) in [7, 11) is 0. The Morgan fingerprint density at radius 1 is 1.25 bits per heavy atom. The fourth-order valence-electron chi connectivity index (χ4n) is 3.41. The maximum absolute atomic E-state index is 14.3. The zero-order valence-corrected chi connectivity index (χ0v) is 12.1. The highest BCUT2D eigenvalue weighted by Crippen LogP contribution is 2.28. The summed E-state index contributed by atoms with van der Waals surface area (Å²) < 4.78 is 14.3. The minimum atomic E-state index is -0.617. The maximum Gasteiger partial charge on any atom is 0.146 e. The van der Waals surface area contributed by atoms with Crippen LogP contribution in [-0.2, 0) is 0 Å². The van der Waals surface area contributed by atoms with Crippen LogP contribution in [0.3, 0.4) is 0 Å². The number of benzene rings is 1. The first-order chi connectivity index (χ1) is 9.65. The van der Waals surface area contributed by atoms with E-state index in [1.165, 1.54) is 31.9 Å². The van der Waals surface area contributed by atoms with Crippen molar-refractivity contribution in [3.8, 4) is 0 Å². The Balaban J connectivity index is 1.76. The first kappa shape index (κ1) is 13.8. The van der Waals surface area contributed by atoms with Crippen LogP contribution >= 0.6 is 0 Å². The molecule has 110 valence electrons. The van der Waals surface area contributed by atoms with Gasteiger partial charge >= 0.3 is 0 Å². The van der Waals surface area contributed by atoms with Crippen molar-refractivity contribution in [2.75, 3.05) is 31.1 Å². The minimum Gasteiger partial charge on any atom is -0.389 e. The molecule has 0 aliphatic carbocycles. The SMILES string of the molecule is C[C@H](O)c1ccc(N2CCN3CCCCC3C2)c(F)c1. The van der Waals surface area contributed by atoms with Crippen molar-refractivity contribution in [1.82, 2.24) is 4.90 Å². The molecule has 4 heteroatoms. The van der Waals surface area contributed by atoms with Gasteiger partial charge in [0.2, 0.25) is 0 Å². The average Bonchev–Trinajstić information content (AvgIpc) is 2.46. The zero-order chi connectivity index (χ0) is 14.1. The van der Waals surface area contributed by atoms with Crippen LogP contribution in [-0.4, -0.2) is 42.2 Å². The molecule has 20 heavy (non-hydrogen) atoms. The lowest BCUT2D eigenvalue weighted by atomic mass is 9.99. The van der Waals surface area contributed by atoms with Gasteiger partial charge in [-0.3, -0.25) is 4.90 Å². The van der Waals surface area contributed by atoms with Crippen molar-refractivity contribution < 1.29 is 9.50 Å². The monoisotopic (exact) mass is 278 g/mol. The summed E-state index contributed by atoms with van der Waals surface area (Å²) in [4.78, 5) is 4.70. The molecule has 2 fully saturated rings. The lowest BCUT2D eigenvalue weighted by molar-refractivity contribution is 0.133. The van der Waals surface area contributed by atoms with Gasteiger partial charge in [-0.1, -0.05) is 12.5 Å². The quantitative estimate of drug-likeness (QED) is 0.900. The smallest absolute Gasteiger partial charge is 0.146 e. The van der Waals surface area contributed by atoms with E-state index in [4.69, 9.17) is 0 Å². The number of fused-ring (bicyclic) bond motifs is 1. The van der Waals surface area contributed by atoms with Crippen LogP contribution in [0.1, 0.15) is 37.9 Å². The Hall–Kier alpha value is -1.13. The van der Waals surface area contributed by atoms with Crippen LogP contribution in [0.25, 0.3) is 0 Å². The van der Waals surface area contributed by atoms with E-state index in [1.807, 2.05) is 12.1 Å². The van der Waals surface area contributed by atoms with Gasteiger partial charge in [0.1, 0.15) is 5.82 Å². The molecule has 0 radical (unpaired) electrons. The summed E-state index contributed by atoms with van der Waals surface area (Å²) in [6.07, 6.45) is 3.20. The number of rotatable bonds is 2. The lowest BCUT2D eigenvalue weighted by Gasteiger charge is -2.45. The molecule has 2 aliphatic rings. The van der Waals surface area contributed by atoms with Crippen LogP contribution in [0.2, 0.25) is 0 Å². The summed E-state index contributed by atoms with van der Waals surface area (Å²) in [6.45, 7) is 5.70. The van der Waals surface area contributed by atoms with Gasteiger partial charge in [-0.25, -0.2) is 4.39 Å². The van der Waals surface area contributed by atoms with E-state index in [-0.39, 0.29) is 5.82 Å². The predicted octanol–water partition coefficient (Wildman–Crippen LogP) is 2.55. The summed E-state index contributed by atoms with van der Waals surface area (Å²) >= 11 is 0. The molecular formula is C16H23FN2O. The van der Waals surface area contributed by atoms with Gasteiger partial charge in [-0.15, -0.1) is 0 Å². The van der Waals surface area contributed by atoms with Crippen LogP contribution < -0.4 is 4.90 Å². The molecule has 1 N–H and O–H groups in total. The number of hydrogen-bond acceptors (Lipinski definition) is 3. The van der Waals surface area contributed by atoms with Crippen molar-refractivity contribution in [2.45, 2.75) is 38.3 Å². The van der Waals surface area contributed by atoms with Gasteiger partial charge in [0, 0.05) is 25.7 Å². The Morgan fingerprint density at radius 2 is 2.10 bits per heavy atom. The highest BCUT2D eigenvalue weighted by molar-refractivity contribution is 5.50. The molecule has 3 rings (SSSR count). The summed E-state index contributed by atoms with van der Waals surface area (Å²) in [5.74, 6) is -0.215. The number of anilines is 1. The van der Waals surface area contributed by atoms with Gasteiger partial charge in [0.15, 0.2) is 0 Å². The number of hydrogen-bond donors (Lipinski definition) is 1. The lowest BCUT2D eigenvalue weighted by Crippen LogP contribution is -2.55. The van der Waals surface area contributed by atoms with Gasteiger partial charge in [0.05, 0.1) is 11.8 Å². The minimum absolute atomic E-state index is 0.215. The number of piperazine rings is 1. The molecule has 0 aromatic heterocycles. The van der Waals surface area contributed by atoms with E-state index in [2.05, 4.69) is 9.80 Å². The molecule has 1 aromatic rings.